The number of benzene rings is 2. The van der Waals surface area contributed by atoms with Crippen molar-refractivity contribution in [3.05, 3.63) is 76.1 Å². The number of nitrogens with one attached hydrogen (secondary N) is 1. The van der Waals surface area contributed by atoms with Gasteiger partial charge in [-0.15, -0.1) is 0 Å². The SMILES string of the molecule is CCC(C[C@@H](c1ccccc1)c1c(O)c2ccccc2oc1=O)=NNC(N)=S. The van der Waals surface area contributed by atoms with E-state index in [1.165, 1.54) is 0 Å². The first-order valence-electron chi connectivity index (χ1n) is 8.91. The largest absolute Gasteiger partial charge is 0.507 e. The summed E-state index contributed by atoms with van der Waals surface area (Å²) in [5.74, 6) is -0.507. The van der Waals surface area contributed by atoms with Gasteiger partial charge < -0.3 is 15.3 Å². The van der Waals surface area contributed by atoms with Crippen molar-refractivity contribution in [3.63, 3.8) is 0 Å². The standard InChI is InChI=1S/C21H21N3O3S/c1-2-14(23-24-21(22)28)12-16(13-8-4-3-5-9-13)18-19(25)15-10-6-7-11-17(15)27-20(18)26/h3-11,16,25H,2,12H2,1H3,(H3,22,24,28)/t16-/m0/s1. The van der Waals surface area contributed by atoms with Crippen LogP contribution in [0.5, 0.6) is 5.75 Å². The summed E-state index contributed by atoms with van der Waals surface area (Å²) < 4.78 is 5.48. The lowest BCUT2D eigenvalue weighted by molar-refractivity contribution is 0.452. The van der Waals surface area contributed by atoms with Crippen LogP contribution in [0.25, 0.3) is 11.0 Å². The van der Waals surface area contributed by atoms with Crippen LogP contribution in [0.4, 0.5) is 0 Å². The smallest absolute Gasteiger partial charge is 0.343 e. The molecule has 1 aromatic heterocycles. The Labute approximate surface area is 167 Å². The minimum Gasteiger partial charge on any atom is -0.507 e. The van der Waals surface area contributed by atoms with E-state index in [-0.39, 0.29) is 16.4 Å². The van der Waals surface area contributed by atoms with Gasteiger partial charge in [0.05, 0.1) is 10.9 Å². The van der Waals surface area contributed by atoms with Crippen molar-refractivity contribution < 1.29 is 9.52 Å². The average molecular weight is 395 g/mol. The zero-order chi connectivity index (χ0) is 20.1. The number of hydrazone groups is 1. The topological polar surface area (TPSA) is 101 Å². The monoisotopic (exact) mass is 395 g/mol. The quantitative estimate of drug-likeness (QED) is 0.255. The van der Waals surface area contributed by atoms with Crippen molar-refractivity contribution >= 4 is 34.0 Å². The highest BCUT2D eigenvalue weighted by Crippen LogP contribution is 2.36. The van der Waals surface area contributed by atoms with Crippen LogP contribution in [0.1, 0.15) is 36.8 Å². The number of hydrogen-bond acceptors (Lipinski definition) is 5. The van der Waals surface area contributed by atoms with Gasteiger partial charge in [-0.3, -0.25) is 5.43 Å². The Morgan fingerprint density at radius 2 is 1.89 bits per heavy atom. The number of thiocarbonyl (C=S) groups is 1. The number of para-hydroxylation sites is 1. The predicted octanol–water partition coefficient (Wildman–Crippen LogP) is 3.62. The van der Waals surface area contributed by atoms with Gasteiger partial charge in [0.1, 0.15) is 11.3 Å². The first-order valence-corrected chi connectivity index (χ1v) is 9.32. The Morgan fingerprint density at radius 3 is 2.57 bits per heavy atom. The summed E-state index contributed by atoms with van der Waals surface area (Å²) in [7, 11) is 0. The summed E-state index contributed by atoms with van der Waals surface area (Å²) in [6, 6.07) is 16.4. The van der Waals surface area contributed by atoms with Crippen molar-refractivity contribution in [2.75, 3.05) is 0 Å². The molecule has 0 aliphatic rings. The maximum absolute atomic E-state index is 12.8. The fourth-order valence-electron chi connectivity index (χ4n) is 3.17. The van der Waals surface area contributed by atoms with Crippen LogP contribution in [0.3, 0.4) is 0 Å². The summed E-state index contributed by atoms with van der Waals surface area (Å²) in [5, 5.41) is 15.7. The Kier molecular flexibility index (Phi) is 6.06. The average Bonchev–Trinajstić information content (AvgIpc) is 2.70. The minimum atomic E-state index is -0.567. The second-order valence-electron chi connectivity index (χ2n) is 6.32. The lowest BCUT2D eigenvalue weighted by atomic mass is 9.86. The summed E-state index contributed by atoms with van der Waals surface area (Å²) in [4.78, 5) is 12.8. The minimum absolute atomic E-state index is 0.0651. The number of nitrogens with zero attached hydrogens (tertiary/aromatic N) is 1. The van der Waals surface area contributed by atoms with Crippen LogP contribution >= 0.6 is 12.2 Å². The number of aromatic hydroxyl groups is 1. The molecule has 0 spiro atoms. The highest BCUT2D eigenvalue weighted by molar-refractivity contribution is 7.80. The maximum Gasteiger partial charge on any atom is 0.343 e. The summed E-state index contributed by atoms with van der Waals surface area (Å²) in [5.41, 5.74) is 9.68. The molecule has 0 saturated heterocycles. The van der Waals surface area contributed by atoms with Crippen LogP contribution in [0.2, 0.25) is 0 Å². The van der Waals surface area contributed by atoms with Gasteiger partial charge in [-0.25, -0.2) is 4.79 Å². The molecule has 0 bridgehead atoms. The van der Waals surface area contributed by atoms with Gasteiger partial charge in [-0.05, 0) is 42.8 Å². The Bertz CT molecular complexity index is 1080. The highest BCUT2D eigenvalue weighted by atomic mass is 32.1. The molecule has 3 rings (SSSR count). The molecular weight excluding hydrogens is 374 g/mol. The van der Waals surface area contributed by atoms with Gasteiger partial charge in [0.15, 0.2) is 5.11 Å². The van der Waals surface area contributed by atoms with E-state index in [2.05, 4.69) is 10.5 Å². The molecule has 0 radical (unpaired) electrons. The van der Waals surface area contributed by atoms with E-state index in [1.807, 2.05) is 37.3 Å². The molecule has 2 aromatic carbocycles. The molecule has 0 amide bonds. The van der Waals surface area contributed by atoms with Gasteiger partial charge in [-0.2, -0.15) is 5.10 Å². The van der Waals surface area contributed by atoms with Crippen LogP contribution in [0, 0.1) is 0 Å². The van der Waals surface area contributed by atoms with Crippen molar-refractivity contribution in [1.82, 2.24) is 5.43 Å². The maximum atomic E-state index is 12.8. The van der Waals surface area contributed by atoms with Crippen molar-refractivity contribution in [2.45, 2.75) is 25.7 Å². The fraction of sp³-hybridized carbons (Fsp3) is 0.190. The Hall–Kier alpha value is -3.19. The molecule has 1 heterocycles. The first kappa shape index (κ1) is 19.6. The molecule has 0 aliphatic heterocycles. The summed E-state index contributed by atoms with van der Waals surface area (Å²) >= 11 is 4.81. The number of hydrogen-bond donors (Lipinski definition) is 3. The van der Waals surface area contributed by atoms with E-state index in [0.29, 0.717) is 23.8 Å². The summed E-state index contributed by atoms with van der Waals surface area (Å²) in [6.07, 6.45) is 1.02. The van der Waals surface area contributed by atoms with Crippen LogP contribution in [-0.4, -0.2) is 15.9 Å². The molecule has 1 atom stereocenters. The van der Waals surface area contributed by atoms with Crippen molar-refractivity contribution in [2.24, 2.45) is 10.8 Å². The van der Waals surface area contributed by atoms with E-state index in [4.69, 9.17) is 22.4 Å². The third-order valence-electron chi connectivity index (χ3n) is 4.54. The molecule has 3 aromatic rings. The predicted molar refractivity (Wildman–Crippen MR) is 115 cm³/mol. The normalized spacial score (nSPS) is 12.7. The Balaban J connectivity index is 2.15. The summed E-state index contributed by atoms with van der Waals surface area (Å²) in [6.45, 7) is 1.95. The molecule has 0 fully saturated rings. The fourth-order valence-corrected chi connectivity index (χ4v) is 3.21. The van der Waals surface area contributed by atoms with Crippen LogP contribution < -0.4 is 16.8 Å². The molecule has 7 heteroatoms. The van der Waals surface area contributed by atoms with Crippen LogP contribution in [-0.2, 0) is 0 Å². The third-order valence-corrected chi connectivity index (χ3v) is 4.63. The van der Waals surface area contributed by atoms with E-state index in [9.17, 15) is 9.90 Å². The zero-order valence-electron chi connectivity index (χ0n) is 15.4. The molecule has 4 N–H and O–H groups in total. The van der Waals surface area contributed by atoms with Gasteiger partial charge in [0.2, 0.25) is 0 Å². The molecular formula is C21H21N3O3S. The number of fused-ring (bicyclic) bond motifs is 1. The molecule has 6 nitrogen and oxygen atoms in total. The molecule has 28 heavy (non-hydrogen) atoms. The molecule has 144 valence electrons. The van der Waals surface area contributed by atoms with Gasteiger partial charge >= 0.3 is 5.63 Å². The lowest BCUT2D eigenvalue weighted by Gasteiger charge is -2.19. The Morgan fingerprint density at radius 1 is 1.21 bits per heavy atom. The van der Waals surface area contributed by atoms with Gasteiger partial charge in [-0.1, -0.05) is 49.4 Å². The highest BCUT2D eigenvalue weighted by Gasteiger charge is 2.25. The van der Waals surface area contributed by atoms with E-state index in [1.54, 1.807) is 24.3 Å². The third kappa shape index (κ3) is 4.20. The number of nitrogens with two attached hydrogens (primary N) is 1. The van der Waals surface area contributed by atoms with Gasteiger partial charge in [0, 0.05) is 11.6 Å². The van der Waals surface area contributed by atoms with Gasteiger partial charge in [0.25, 0.3) is 0 Å². The van der Waals surface area contributed by atoms with Crippen molar-refractivity contribution in [1.29, 1.82) is 0 Å². The van der Waals surface area contributed by atoms with E-state index >= 15 is 0 Å². The molecule has 0 saturated carbocycles. The van der Waals surface area contributed by atoms with Crippen molar-refractivity contribution in [3.8, 4) is 5.75 Å². The first-order chi connectivity index (χ1) is 13.5. The van der Waals surface area contributed by atoms with Crippen LogP contribution in [0.15, 0.2) is 68.9 Å². The molecule has 0 aliphatic carbocycles. The number of rotatable bonds is 6. The lowest BCUT2D eigenvalue weighted by Crippen LogP contribution is -2.26. The van der Waals surface area contributed by atoms with E-state index < -0.39 is 11.5 Å². The molecule has 0 unspecified atom stereocenters. The zero-order valence-corrected chi connectivity index (χ0v) is 16.2. The second-order valence-corrected chi connectivity index (χ2v) is 6.76. The van der Waals surface area contributed by atoms with E-state index in [0.717, 1.165) is 11.3 Å². The second kappa shape index (κ2) is 8.67.